The van der Waals surface area contributed by atoms with E-state index in [1.54, 1.807) is 6.26 Å². The maximum Gasteiger partial charge on any atom is 0.134 e. The van der Waals surface area contributed by atoms with Gasteiger partial charge in [0.15, 0.2) is 0 Å². The first-order chi connectivity index (χ1) is 6.31. The molecule has 3 nitrogen and oxygen atoms in total. The van der Waals surface area contributed by atoms with Gasteiger partial charge in [0.1, 0.15) is 5.58 Å². The van der Waals surface area contributed by atoms with Crippen molar-refractivity contribution in [1.29, 1.82) is 0 Å². The molecule has 68 valence electrons. The van der Waals surface area contributed by atoms with Crippen molar-refractivity contribution in [1.82, 2.24) is 5.48 Å². The molecule has 0 spiro atoms. The Morgan fingerprint density at radius 2 is 2.31 bits per heavy atom. The molecule has 2 rings (SSSR count). The van der Waals surface area contributed by atoms with Crippen LogP contribution in [0, 0.1) is 0 Å². The van der Waals surface area contributed by atoms with Gasteiger partial charge in [0, 0.05) is 22.0 Å². The maximum atomic E-state index is 8.56. The minimum absolute atomic E-state index is 0.392. The number of rotatable bonds is 2. The fourth-order valence-electron chi connectivity index (χ4n) is 1.28. The van der Waals surface area contributed by atoms with E-state index >= 15 is 0 Å². The van der Waals surface area contributed by atoms with E-state index < -0.39 is 0 Å². The summed E-state index contributed by atoms with van der Waals surface area (Å²) in [4.78, 5) is 0. The SMILES string of the molecule is ONCc1coc2ccc(Br)cc12. The molecule has 0 unspecified atom stereocenters. The first kappa shape index (κ1) is 8.74. The van der Waals surface area contributed by atoms with Gasteiger partial charge in [-0.05, 0) is 18.2 Å². The fourth-order valence-corrected chi connectivity index (χ4v) is 1.64. The fraction of sp³-hybridized carbons (Fsp3) is 0.111. The van der Waals surface area contributed by atoms with Crippen molar-refractivity contribution in [3.05, 3.63) is 34.5 Å². The van der Waals surface area contributed by atoms with Crippen molar-refractivity contribution in [3.63, 3.8) is 0 Å². The number of benzene rings is 1. The summed E-state index contributed by atoms with van der Waals surface area (Å²) in [7, 11) is 0. The molecule has 0 aliphatic carbocycles. The predicted molar refractivity (Wildman–Crippen MR) is 52.5 cm³/mol. The average molecular weight is 242 g/mol. The molecule has 0 bridgehead atoms. The van der Waals surface area contributed by atoms with Gasteiger partial charge in [-0.2, -0.15) is 0 Å². The van der Waals surface area contributed by atoms with E-state index in [4.69, 9.17) is 9.62 Å². The molecule has 13 heavy (non-hydrogen) atoms. The Hall–Kier alpha value is -0.840. The Bertz CT molecular complexity index is 424. The summed E-state index contributed by atoms with van der Waals surface area (Å²) in [6.07, 6.45) is 1.64. The quantitative estimate of drug-likeness (QED) is 0.795. The maximum absolute atomic E-state index is 8.56. The summed E-state index contributed by atoms with van der Waals surface area (Å²) < 4.78 is 6.29. The summed E-state index contributed by atoms with van der Waals surface area (Å²) in [5, 5.41) is 9.57. The third kappa shape index (κ3) is 1.60. The number of halogens is 1. The number of hydroxylamine groups is 1. The van der Waals surface area contributed by atoms with Crippen LogP contribution in [0.2, 0.25) is 0 Å². The average Bonchev–Trinajstić information content (AvgIpc) is 2.49. The van der Waals surface area contributed by atoms with Crippen LogP contribution in [0.4, 0.5) is 0 Å². The lowest BCUT2D eigenvalue weighted by Crippen LogP contribution is -2.04. The largest absolute Gasteiger partial charge is 0.464 e. The second-order valence-electron chi connectivity index (χ2n) is 2.74. The zero-order valence-electron chi connectivity index (χ0n) is 6.75. The van der Waals surface area contributed by atoms with Gasteiger partial charge in [-0.1, -0.05) is 15.9 Å². The summed E-state index contributed by atoms with van der Waals surface area (Å²) >= 11 is 3.38. The van der Waals surface area contributed by atoms with Gasteiger partial charge in [0.2, 0.25) is 0 Å². The van der Waals surface area contributed by atoms with Crippen molar-refractivity contribution in [2.24, 2.45) is 0 Å². The third-order valence-electron chi connectivity index (χ3n) is 1.89. The Morgan fingerprint density at radius 1 is 1.46 bits per heavy atom. The smallest absolute Gasteiger partial charge is 0.134 e. The molecule has 1 heterocycles. The van der Waals surface area contributed by atoms with Crippen LogP contribution < -0.4 is 5.48 Å². The van der Waals surface area contributed by atoms with E-state index in [1.807, 2.05) is 18.2 Å². The second-order valence-corrected chi connectivity index (χ2v) is 3.65. The second kappa shape index (κ2) is 3.49. The summed E-state index contributed by atoms with van der Waals surface area (Å²) in [5.41, 5.74) is 3.88. The summed E-state index contributed by atoms with van der Waals surface area (Å²) in [6, 6.07) is 5.77. The van der Waals surface area contributed by atoms with E-state index in [2.05, 4.69) is 21.4 Å². The number of fused-ring (bicyclic) bond motifs is 1. The molecule has 4 heteroatoms. The van der Waals surface area contributed by atoms with Crippen LogP contribution in [0.1, 0.15) is 5.56 Å². The van der Waals surface area contributed by atoms with Crippen LogP contribution in [0.3, 0.4) is 0 Å². The molecule has 1 aromatic carbocycles. The summed E-state index contributed by atoms with van der Waals surface area (Å²) in [5.74, 6) is 0. The lowest BCUT2D eigenvalue weighted by molar-refractivity contribution is 0.161. The Balaban J connectivity index is 2.58. The third-order valence-corrected chi connectivity index (χ3v) is 2.38. The molecular formula is C9H8BrNO2. The van der Waals surface area contributed by atoms with Crippen molar-refractivity contribution >= 4 is 26.9 Å². The predicted octanol–water partition coefficient (Wildman–Crippen LogP) is 2.67. The highest BCUT2D eigenvalue weighted by Crippen LogP contribution is 2.24. The van der Waals surface area contributed by atoms with E-state index in [0.29, 0.717) is 6.54 Å². The topological polar surface area (TPSA) is 45.4 Å². The zero-order chi connectivity index (χ0) is 9.26. The Morgan fingerprint density at radius 3 is 3.08 bits per heavy atom. The molecule has 2 aromatic rings. The number of hydrogen-bond acceptors (Lipinski definition) is 3. The van der Waals surface area contributed by atoms with Gasteiger partial charge in [-0.15, -0.1) is 0 Å². The Kier molecular flexibility index (Phi) is 2.35. The molecular weight excluding hydrogens is 234 g/mol. The molecule has 0 saturated heterocycles. The molecule has 2 N–H and O–H groups in total. The first-order valence-corrected chi connectivity index (χ1v) is 4.63. The van der Waals surface area contributed by atoms with Crippen LogP contribution in [0.15, 0.2) is 33.4 Å². The van der Waals surface area contributed by atoms with Gasteiger partial charge in [0.05, 0.1) is 6.26 Å². The summed E-state index contributed by atoms with van der Waals surface area (Å²) in [6.45, 7) is 0.392. The van der Waals surface area contributed by atoms with E-state index in [1.165, 1.54) is 0 Å². The minimum atomic E-state index is 0.392. The lowest BCUT2D eigenvalue weighted by atomic mass is 10.2. The highest BCUT2D eigenvalue weighted by molar-refractivity contribution is 9.10. The van der Waals surface area contributed by atoms with Crippen molar-refractivity contribution in [2.45, 2.75) is 6.54 Å². The van der Waals surface area contributed by atoms with E-state index in [-0.39, 0.29) is 0 Å². The van der Waals surface area contributed by atoms with Gasteiger partial charge in [-0.3, -0.25) is 0 Å². The van der Waals surface area contributed by atoms with E-state index in [9.17, 15) is 0 Å². The first-order valence-electron chi connectivity index (χ1n) is 3.84. The van der Waals surface area contributed by atoms with Gasteiger partial charge >= 0.3 is 0 Å². The number of nitrogens with one attached hydrogen (secondary N) is 1. The molecule has 1 aromatic heterocycles. The van der Waals surface area contributed by atoms with E-state index in [0.717, 1.165) is 21.0 Å². The highest BCUT2D eigenvalue weighted by Gasteiger charge is 2.04. The number of hydrogen-bond donors (Lipinski definition) is 2. The standard InChI is InChI=1S/C9H8BrNO2/c10-7-1-2-9-8(3-7)6(4-11-12)5-13-9/h1-3,5,11-12H,4H2. The monoisotopic (exact) mass is 241 g/mol. The van der Waals surface area contributed by atoms with Crippen molar-refractivity contribution in [2.75, 3.05) is 0 Å². The Labute approximate surface area is 83.4 Å². The number of furan rings is 1. The molecule has 0 aliphatic heterocycles. The van der Waals surface area contributed by atoms with Crippen LogP contribution in [-0.4, -0.2) is 5.21 Å². The van der Waals surface area contributed by atoms with Crippen LogP contribution in [0.25, 0.3) is 11.0 Å². The van der Waals surface area contributed by atoms with Crippen molar-refractivity contribution in [3.8, 4) is 0 Å². The van der Waals surface area contributed by atoms with Crippen LogP contribution >= 0.6 is 15.9 Å². The molecule has 0 fully saturated rings. The molecule has 0 amide bonds. The minimum Gasteiger partial charge on any atom is -0.464 e. The van der Waals surface area contributed by atoms with Gasteiger partial charge in [0.25, 0.3) is 0 Å². The van der Waals surface area contributed by atoms with Gasteiger partial charge in [-0.25, -0.2) is 5.48 Å². The molecule has 0 aliphatic rings. The van der Waals surface area contributed by atoms with Gasteiger partial charge < -0.3 is 9.62 Å². The van der Waals surface area contributed by atoms with Crippen LogP contribution in [-0.2, 0) is 6.54 Å². The normalized spacial score (nSPS) is 10.9. The lowest BCUT2D eigenvalue weighted by Gasteiger charge is -1.95. The van der Waals surface area contributed by atoms with Crippen molar-refractivity contribution < 1.29 is 9.62 Å². The molecule has 0 radical (unpaired) electrons. The molecule has 0 atom stereocenters. The van der Waals surface area contributed by atoms with Crippen LogP contribution in [0.5, 0.6) is 0 Å². The highest BCUT2D eigenvalue weighted by atomic mass is 79.9. The zero-order valence-corrected chi connectivity index (χ0v) is 8.34. The molecule has 0 saturated carbocycles.